The fraction of sp³-hybridized carbons (Fsp3) is 0.364. The molecule has 0 fully saturated rings. The maximum Gasteiger partial charge on any atom is 0.290 e. The van der Waals surface area contributed by atoms with Crippen LogP contribution in [-0.4, -0.2) is 55.7 Å². The second kappa shape index (κ2) is 9.04. The van der Waals surface area contributed by atoms with Crippen molar-refractivity contribution in [3.8, 4) is 11.5 Å². The van der Waals surface area contributed by atoms with Gasteiger partial charge in [-0.3, -0.25) is 9.59 Å². The first-order valence-corrected chi connectivity index (χ1v) is 9.57. The molecule has 0 unspecified atom stereocenters. The highest BCUT2D eigenvalue weighted by Gasteiger charge is 2.44. The summed E-state index contributed by atoms with van der Waals surface area (Å²) >= 11 is 0. The van der Waals surface area contributed by atoms with Crippen LogP contribution in [0.3, 0.4) is 0 Å². The van der Waals surface area contributed by atoms with Gasteiger partial charge < -0.3 is 28.6 Å². The molecule has 160 valence electrons. The second-order valence-electron chi connectivity index (χ2n) is 6.74. The smallest absolute Gasteiger partial charge is 0.290 e. The molecule has 1 aromatic heterocycles. The Morgan fingerprint density at radius 2 is 1.97 bits per heavy atom. The van der Waals surface area contributed by atoms with Crippen molar-refractivity contribution in [3.05, 3.63) is 58.7 Å². The van der Waals surface area contributed by atoms with Gasteiger partial charge in [-0.05, 0) is 43.7 Å². The van der Waals surface area contributed by atoms with E-state index in [1.54, 1.807) is 31.2 Å². The highest BCUT2D eigenvalue weighted by Crippen LogP contribution is 2.41. The number of Topliss-reactive ketones (excluding diaryl/α,β-unsaturated/α-hetero) is 1. The van der Waals surface area contributed by atoms with Gasteiger partial charge in [-0.2, -0.15) is 0 Å². The molecule has 0 saturated heterocycles. The third-order valence-corrected chi connectivity index (χ3v) is 4.85. The van der Waals surface area contributed by atoms with Crippen molar-refractivity contribution in [1.29, 1.82) is 0 Å². The molecule has 8 nitrogen and oxygen atoms in total. The lowest BCUT2D eigenvalue weighted by molar-refractivity contribution is -0.130. The number of nitrogens with zero attached hydrogens (tertiary/aromatic N) is 1. The highest BCUT2D eigenvalue weighted by atomic mass is 16.5. The Kier molecular flexibility index (Phi) is 6.47. The molecule has 1 aliphatic heterocycles. The zero-order valence-electron chi connectivity index (χ0n) is 17.4. The first-order chi connectivity index (χ1) is 14.4. The van der Waals surface area contributed by atoms with Crippen LogP contribution in [0.4, 0.5) is 0 Å². The van der Waals surface area contributed by atoms with Crippen molar-refractivity contribution in [1.82, 2.24) is 4.90 Å². The zero-order chi connectivity index (χ0) is 21.8. The molecule has 30 heavy (non-hydrogen) atoms. The largest absolute Gasteiger partial charge is 0.503 e. The van der Waals surface area contributed by atoms with E-state index in [1.165, 1.54) is 25.2 Å². The van der Waals surface area contributed by atoms with Gasteiger partial charge in [-0.25, -0.2) is 0 Å². The summed E-state index contributed by atoms with van der Waals surface area (Å²) < 4.78 is 21.5. The summed E-state index contributed by atoms with van der Waals surface area (Å²) in [5, 5.41) is 10.6. The molecule has 1 aliphatic rings. The number of carbonyl (C=O) groups excluding carboxylic acids is 2. The molecule has 0 saturated carbocycles. The van der Waals surface area contributed by atoms with E-state index in [4.69, 9.17) is 18.6 Å². The Balaban J connectivity index is 2.10. The van der Waals surface area contributed by atoms with Gasteiger partial charge in [0.25, 0.3) is 5.91 Å². The lowest BCUT2D eigenvalue weighted by atomic mass is 9.94. The number of hydrogen-bond donors (Lipinski definition) is 1. The van der Waals surface area contributed by atoms with Gasteiger partial charge in [-0.1, -0.05) is 6.07 Å². The zero-order valence-corrected chi connectivity index (χ0v) is 17.4. The third-order valence-electron chi connectivity index (χ3n) is 4.85. The molecule has 8 heteroatoms. The van der Waals surface area contributed by atoms with Crippen molar-refractivity contribution in [2.45, 2.75) is 19.9 Å². The van der Waals surface area contributed by atoms with Crippen LogP contribution in [0.1, 0.15) is 34.8 Å². The summed E-state index contributed by atoms with van der Waals surface area (Å²) in [6, 6.07) is 7.50. The summed E-state index contributed by atoms with van der Waals surface area (Å²) in [5.41, 5.74) is 0.548. The van der Waals surface area contributed by atoms with Crippen molar-refractivity contribution in [2.24, 2.45) is 0 Å². The number of ketones is 1. The summed E-state index contributed by atoms with van der Waals surface area (Å²) in [5.74, 6) is -0.178. The van der Waals surface area contributed by atoms with Crippen LogP contribution in [0, 0.1) is 6.92 Å². The molecular weight excluding hydrogens is 390 g/mol. The van der Waals surface area contributed by atoms with Gasteiger partial charge in [0.2, 0.25) is 5.78 Å². The van der Waals surface area contributed by atoms with E-state index in [0.717, 1.165) is 0 Å². The summed E-state index contributed by atoms with van der Waals surface area (Å²) in [7, 11) is 3.02. The van der Waals surface area contributed by atoms with Gasteiger partial charge in [0.05, 0.1) is 31.9 Å². The van der Waals surface area contributed by atoms with Crippen LogP contribution in [0.2, 0.25) is 0 Å². The number of aliphatic hydroxyl groups is 1. The molecule has 0 bridgehead atoms. The maximum atomic E-state index is 13.2. The Hall–Kier alpha value is -3.26. The fourth-order valence-electron chi connectivity index (χ4n) is 3.47. The SMILES string of the molecule is CCOc1ccc([C@@H]2C(C(=O)c3ccc(C)o3)=C(O)C(=O)N2CCOC)cc1OC. The predicted molar refractivity (Wildman–Crippen MR) is 108 cm³/mol. The predicted octanol–water partition coefficient (Wildman–Crippen LogP) is 3.22. The van der Waals surface area contributed by atoms with E-state index < -0.39 is 23.5 Å². The molecule has 1 atom stereocenters. The van der Waals surface area contributed by atoms with Crippen LogP contribution in [0.25, 0.3) is 0 Å². The minimum Gasteiger partial charge on any atom is -0.503 e. The molecule has 1 amide bonds. The van der Waals surface area contributed by atoms with E-state index in [-0.39, 0.29) is 24.5 Å². The fourth-order valence-corrected chi connectivity index (χ4v) is 3.47. The van der Waals surface area contributed by atoms with E-state index in [2.05, 4.69) is 0 Å². The average Bonchev–Trinajstić information content (AvgIpc) is 3.28. The number of methoxy groups -OCH3 is 2. The summed E-state index contributed by atoms with van der Waals surface area (Å²) in [6.45, 7) is 4.46. The first kappa shape index (κ1) is 21.4. The molecule has 2 aromatic rings. The number of hydrogen-bond acceptors (Lipinski definition) is 7. The standard InChI is InChI=1S/C22H25NO7/c1-5-29-15-9-7-14(12-17(15)28-4)19-18(20(24)16-8-6-13(2)30-16)21(25)22(26)23(19)10-11-27-3/h6-9,12,19,25H,5,10-11H2,1-4H3/t19-/m1/s1. The van der Waals surface area contributed by atoms with E-state index in [9.17, 15) is 14.7 Å². The lowest BCUT2D eigenvalue weighted by Crippen LogP contribution is -2.34. The minimum atomic E-state index is -0.824. The molecule has 0 aliphatic carbocycles. The quantitative estimate of drug-likeness (QED) is 0.628. The van der Waals surface area contributed by atoms with Crippen LogP contribution >= 0.6 is 0 Å². The lowest BCUT2D eigenvalue weighted by Gasteiger charge is -2.27. The Labute approximate surface area is 174 Å². The van der Waals surface area contributed by atoms with Crippen LogP contribution in [0.5, 0.6) is 11.5 Å². The molecular formula is C22H25NO7. The molecule has 0 radical (unpaired) electrons. The number of amides is 1. The molecule has 3 rings (SSSR count). The molecule has 1 aromatic carbocycles. The second-order valence-corrected chi connectivity index (χ2v) is 6.74. The Morgan fingerprint density at radius 3 is 2.57 bits per heavy atom. The van der Waals surface area contributed by atoms with Crippen molar-refractivity contribution in [3.63, 3.8) is 0 Å². The van der Waals surface area contributed by atoms with Gasteiger partial charge in [0.1, 0.15) is 5.76 Å². The Morgan fingerprint density at radius 1 is 1.20 bits per heavy atom. The number of ether oxygens (including phenoxy) is 3. The van der Waals surface area contributed by atoms with Gasteiger partial charge in [-0.15, -0.1) is 0 Å². The molecule has 0 spiro atoms. The number of aryl methyl sites for hydroxylation is 1. The number of aliphatic hydroxyl groups excluding tert-OH is 1. The van der Waals surface area contributed by atoms with Gasteiger partial charge in [0.15, 0.2) is 23.0 Å². The number of rotatable bonds is 9. The average molecular weight is 415 g/mol. The van der Waals surface area contributed by atoms with E-state index >= 15 is 0 Å². The summed E-state index contributed by atoms with van der Waals surface area (Å²) in [4.78, 5) is 27.4. The van der Waals surface area contributed by atoms with E-state index in [0.29, 0.717) is 29.4 Å². The topological polar surface area (TPSA) is 98.4 Å². The van der Waals surface area contributed by atoms with E-state index in [1.807, 2.05) is 6.92 Å². The number of furan rings is 1. The molecule has 2 heterocycles. The summed E-state index contributed by atoms with van der Waals surface area (Å²) in [6.07, 6.45) is 0. The third kappa shape index (κ3) is 3.91. The maximum absolute atomic E-state index is 13.2. The normalized spacial score (nSPS) is 16.3. The Bertz CT molecular complexity index is 976. The number of carbonyl (C=O) groups is 2. The van der Waals surface area contributed by atoms with Gasteiger partial charge in [0, 0.05) is 13.7 Å². The van der Waals surface area contributed by atoms with Gasteiger partial charge >= 0.3 is 0 Å². The monoisotopic (exact) mass is 415 g/mol. The first-order valence-electron chi connectivity index (χ1n) is 9.57. The molecule has 1 N–H and O–H groups in total. The van der Waals surface area contributed by atoms with Crippen molar-refractivity contribution >= 4 is 11.7 Å². The number of benzene rings is 1. The van der Waals surface area contributed by atoms with Crippen molar-refractivity contribution < 1.29 is 33.3 Å². The highest BCUT2D eigenvalue weighted by molar-refractivity contribution is 6.15. The van der Waals surface area contributed by atoms with Crippen LogP contribution < -0.4 is 9.47 Å². The van der Waals surface area contributed by atoms with Crippen LogP contribution in [-0.2, 0) is 9.53 Å². The minimum absolute atomic E-state index is 0.0448. The van der Waals surface area contributed by atoms with Crippen molar-refractivity contribution in [2.75, 3.05) is 34.0 Å². The van der Waals surface area contributed by atoms with Crippen LogP contribution in [0.15, 0.2) is 46.1 Å².